The maximum absolute atomic E-state index is 12.4. The van der Waals surface area contributed by atoms with Crippen LogP contribution in [0.4, 0.5) is 0 Å². The van der Waals surface area contributed by atoms with E-state index in [4.69, 9.17) is 4.74 Å². The number of hydrogen-bond acceptors (Lipinski definition) is 5. The van der Waals surface area contributed by atoms with Crippen LogP contribution in [0.5, 0.6) is 11.6 Å². The topological polar surface area (TPSA) is 64.1 Å². The molecule has 0 bridgehead atoms. The summed E-state index contributed by atoms with van der Waals surface area (Å²) in [4.78, 5) is 21.0. The van der Waals surface area contributed by atoms with Crippen LogP contribution < -0.4 is 10.1 Å². The lowest BCUT2D eigenvalue weighted by Gasteiger charge is -2.16. The molecule has 1 amide bonds. The second kappa shape index (κ2) is 9.56. The third-order valence-corrected chi connectivity index (χ3v) is 5.58. The zero-order valence-corrected chi connectivity index (χ0v) is 17.9. The van der Waals surface area contributed by atoms with E-state index < -0.39 is 0 Å². The Kier molecular flexibility index (Phi) is 6.88. The van der Waals surface area contributed by atoms with Crippen molar-refractivity contribution >= 4 is 17.7 Å². The Balaban J connectivity index is 1.60. The number of nitrogens with zero attached hydrogens (tertiary/aromatic N) is 2. The Labute approximate surface area is 175 Å². The Morgan fingerprint density at radius 1 is 1.03 bits per heavy atom. The SMILES string of the molecule is Cc1ccc(Oc2nccnc2SCC(=O)N[C@H](C)c2ccc(C)c(C)c2)cc1. The van der Waals surface area contributed by atoms with E-state index in [1.807, 2.05) is 38.1 Å². The molecule has 29 heavy (non-hydrogen) atoms. The number of carbonyl (C=O) groups excluding carboxylic acids is 1. The summed E-state index contributed by atoms with van der Waals surface area (Å²) in [7, 11) is 0. The molecule has 3 aromatic rings. The number of ether oxygens (including phenoxy) is 1. The molecule has 0 aliphatic rings. The summed E-state index contributed by atoms with van der Waals surface area (Å²) >= 11 is 1.31. The standard InChI is InChI=1S/C23H25N3O2S/c1-15-5-9-20(10-6-15)28-22-23(25-12-11-24-22)29-14-21(27)26-18(4)19-8-7-16(2)17(3)13-19/h5-13,18H,14H2,1-4H3,(H,26,27)/t18-/m1/s1. The summed E-state index contributed by atoms with van der Waals surface area (Å²) in [5, 5.41) is 3.62. The number of benzene rings is 2. The molecule has 5 nitrogen and oxygen atoms in total. The molecule has 0 aliphatic heterocycles. The number of nitrogens with one attached hydrogen (secondary N) is 1. The lowest BCUT2D eigenvalue weighted by atomic mass is 10.0. The Morgan fingerprint density at radius 2 is 1.76 bits per heavy atom. The predicted molar refractivity (Wildman–Crippen MR) is 116 cm³/mol. The minimum Gasteiger partial charge on any atom is -0.437 e. The molecule has 0 aliphatic carbocycles. The molecule has 0 saturated heterocycles. The van der Waals surface area contributed by atoms with Gasteiger partial charge < -0.3 is 10.1 Å². The number of carbonyl (C=O) groups is 1. The largest absolute Gasteiger partial charge is 0.437 e. The monoisotopic (exact) mass is 407 g/mol. The molecule has 6 heteroatoms. The van der Waals surface area contributed by atoms with E-state index in [1.165, 1.54) is 22.9 Å². The fraction of sp³-hybridized carbons (Fsp3) is 0.261. The van der Waals surface area contributed by atoms with Gasteiger partial charge in [-0.2, -0.15) is 0 Å². The van der Waals surface area contributed by atoms with Gasteiger partial charge >= 0.3 is 0 Å². The van der Waals surface area contributed by atoms with E-state index in [2.05, 4.69) is 47.3 Å². The van der Waals surface area contributed by atoms with Crippen LogP contribution in [0.1, 0.15) is 35.2 Å². The minimum absolute atomic E-state index is 0.0623. The average molecular weight is 408 g/mol. The van der Waals surface area contributed by atoms with Crippen LogP contribution >= 0.6 is 11.8 Å². The van der Waals surface area contributed by atoms with Crippen LogP contribution in [0.2, 0.25) is 0 Å². The fourth-order valence-electron chi connectivity index (χ4n) is 2.73. The number of aromatic nitrogens is 2. The first-order chi connectivity index (χ1) is 13.9. The highest BCUT2D eigenvalue weighted by atomic mass is 32.2. The maximum Gasteiger partial charge on any atom is 0.252 e. The number of rotatable bonds is 7. The Bertz CT molecular complexity index is 990. The van der Waals surface area contributed by atoms with E-state index >= 15 is 0 Å². The van der Waals surface area contributed by atoms with Crippen molar-refractivity contribution in [2.24, 2.45) is 0 Å². The van der Waals surface area contributed by atoms with Gasteiger partial charge in [-0.25, -0.2) is 9.97 Å². The third kappa shape index (κ3) is 5.81. The molecule has 0 fully saturated rings. The molecule has 150 valence electrons. The zero-order chi connectivity index (χ0) is 20.8. The molecule has 3 rings (SSSR count). The number of amides is 1. The van der Waals surface area contributed by atoms with Crippen molar-refractivity contribution in [1.82, 2.24) is 15.3 Å². The van der Waals surface area contributed by atoms with Gasteiger partial charge in [-0.05, 0) is 56.5 Å². The van der Waals surface area contributed by atoms with Gasteiger partial charge in [-0.1, -0.05) is 47.7 Å². The van der Waals surface area contributed by atoms with Gasteiger partial charge in [0.1, 0.15) is 5.75 Å². The molecule has 1 heterocycles. The summed E-state index contributed by atoms with van der Waals surface area (Å²) in [6.07, 6.45) is 3.18. The lowest BCUT2D eigenvalue weighted by Crippen LogP contribution is -2.28. The van der Waals surface area contributed by atoms with Crippen LogP contribution in [0.15, 0.2) is 59.9 Å². The molecule has 0 unspecified atom stereocenters. The van der Waals surface area contributed by atoms with Crippen LogP contribution in [-0.4, -0.2) is 21.6 Å². The predicted octanol–water partition coefficient (Wildman–Crippen LogP) is 5.16. The van der Waals surface area contributed by atoms with Gasteiger partial charge in [0.15, 0.2) is 5.03 Å². The van der Waals surface area contributed by atoms with Gasteiger partial charge in [-0.3, -0.25) is 4.79 Å². The van der Waals surface area contributed by atoms with Crippen molar-refractivity contribution < 1.29 is 9.53 Å². The van der Waals surface area contributed by atoms with E-state index in [0.29, 0.717) is 16.7 Å². The highest BCUT2D eigenvalue weighted by Gasteiger charge is 2.14. The zero-order valence-electron chi connectivity index (χ0n) is 17.1. The van der Waals surface area contributed by atoms with E-state index in [0.717, 1.165) is 11.1 Å². The first kappa shape index (κ1) is 20.9. The van der Waals surface area contributed by atoms with Gasteiger partial charge in [0.2, 0.25) is 5.91 Å². The summed E-state index contributed by atoms with van der Waals surface area (Å²) in [6.45, 7) is 8.16. The van der Waals surface area contributed by atoms with E-state index in [-0.39, 0.29) is 17.7 Å². The van der Waals surface area contributed by atoms with Crippen LogP contribution in [0.25, 0.3) is 0 Å². The van der Waals surface area contributed by atoms with Crippen LogP contribution in [0, 0.1) is 20.8 Å². The molecular weight excluding hydrogens is 382 g/mol. The van der Waals surface area contributed by atoms with Crippen molar-refractivity contribution in [3.05, 3.63) is 77.1 Å². The summed E-state index contributed by atoms with van der Waals surface area (Å²) in [6, 6.07) is 13.9. The quantitative estimate of drug-likeness (QED) is 0.548. The number of aryl methyl sites for hydroxylation is 3. The van der Waals surface area contributed by atoms with E-state index in [9.17, 15) is 4.79 Å². The van der Waals surface area contributed by atoms with Gasteiger partial charge in [0.25, 0.3) is 5.88 Å². The van der Waals surface area contributed by atoms with Crippen molar-refractivity contribution in [1.29, 1.82) is 0 Å². The highest BCUT2D eigenvalue weighted by molar-refractivity contribution is 8.00. The molecule has 0 spiro atoms. The molecule has 0 saturated carbocycles. The maximum atomic E-state index is 12.4. The van der Waals surface area contributed by atoms with Crippen molar-refractivity contribution in [2.45, 2.75) is 38.8 Å². The van der Waals surface area contributed by atoms with Crippen molar-refractivity contribution in [3.8, 4) is 11.6 Å². The van der Waals surface area contributed by atoms with Crippen molar-refractivity contribution in [2.75, 3.05) is 5.75 Å². The number of hydrogen-bond donors (Lipinski definition) is 1. The minimum atomic E-state index is -0.0625. The van der Waals surface area contributed by atoms with Gasteiger partial charge in [-0.15, -0.1) is 0 Å². The Hall–Kier alpha value is -2.86. The first-order valence-electron chi connectivity index (χ1n) is 9.47. The molecule has 1 aromatic heterocycles. The molecule has 0 radical (unpaired) electrons. The lowest BCUT2D eigenvalue weighted by molar-refractivity contribution is -0.119. The summed E-state index contributed by atoms with van der Waals surface area (Å²) in [5.41, 5.74) is 4.71. The second-order valence-electron chi connectivity index (χ2n) is 7.00. The fourth-order valence-corrected chi connectivity index (χ4v) is 3.44. The molecule has 1 N–H and O–H groups in total. The second-order valence-corrected chi connectivity index (χ2v) is 7.97. The van der Waals surface area contributed by atoms with Crippen LogP contribution in [-0.2, 0) is 4.79 Å². The van der Waals surface area contributed by atoms with Crippen molar-refractivity contribution in [3.63, 3.8) is 0 Å². The summed E-state index contributed by atoms with van der Waals surface area (Å²) in [5.74, 6) is 1.26. The third-order valence-electron chi connectivity index (χ3n) is 4.62. The van der Waals surface area contributed by atoms with Gasteiger partial charge in [0.05, 0.1) is 11.8 Å². The van der Waals surface area contributed by atoms with Gasteiger partial charge in [0, 0.05) is 12.4 Å². The Morgan fingerprint density at radius 3 is 2.48 bits per heavy atom. The number of thioether (sulfide) groups is 1. The summed E-state index contributed by atoms with van der Waals surface area (Å²) < 4.78 is 5.85. The molecule has 2 aromatic carbocycles. The van der Waals surface area contributed by atoms with Crippen LogP contribution in [0.3, 0.4) is 0 Å². The first-order valence-corrected chi connectivity index (χ1v) is 10.5. The smallest absolute Gasteiger partial charge is 0.252 e. The highest BCUT2D eigenvalue weighted by Crippen LogP contribution is 2.29. The normalized spacial score (nSPS) is 11.7. The molecular formula is C23H25N3O2S. The molecule has 1 atom stereocenters. The average Bonchev–Trinajstić information content (AvgIpc) is 2.71. The van der Waals surface area contributed by atoms with E-state index in [1.54, 1.807) is 12.4 Å².